The highest BCUT2D eigenvalue weighted by atomic mass is 35.5. The Bertz CT molecular complexity index is 1120. The van der Waals surface area contributed by atoms with Crippen LogP contribution in [0.25, 0.3) is 0 Å². The SMILES string of the molecule is Cc1nc(C)c(Cc2ccccc2)c(N2CCCN(C(=O)c3ccc(Cl)cc3Cl)CC2)n1. The van der Waals surface area contributed by atoms with Gasteiger partial charge in [-0.15, -0.1) is 0 Å². The van der Waals surface area contributed by atoms with Crippen molar-refractivity contribution in [2.24, 2.45) is 0 Å². The smallest absolute Gasteiger partial charge is 0.255 e. The highest BCUT2D eigenvalue weighted by Crippen LogP contribution is 2.26. The number of nitrogens with zero attached hydrogens (tertiary/aromatic N) is 4. The zero-order valence-electron chi connectivity index (χ0n) is 18.3. The summed E-state index contributed by atoms with van der Waals surface area (Å²) in [4.78, 5) is 26.7. The maximum atomic E-state index is 13.1. The van der Waals surface area contributed by atoms with Crippen molar-refractivity contribution in [2.45, 2.75) is 26.7 Å². The first kappa shape index (κ1) is 22.6. The summed E-state index contributed by atoms with van der Waals surface area (Å²) in [5.74, 6) is 1.67. The van der Waals surface area contributed by atoms with Crippen LogP contribution >= 0.6 is 23.2 Å². The molecule has 0 aliphatic carbocycles. The van der Waals surface area contributed by atoms with Crippen LogP contribution in [0.4, 0.5) is 5.82 Å². The van der Waals surface area contributed by atoms with E-state index in [0.29, 0.717) is 35.2 Å². The molecule has 2 heterocycles. The summed E-state index contributed by atoms with van der Waals surface area (Å²) in [6.45, 7) is 6.78. The Labute approximate surface area is 199 Å². The summed E-state index contributed by atoms with van der Waals surface area (Å²) in [5.41, 5.74) is 3.86. The van der Waals surface area contributed by atoms with E-state index in [0.717, 1.165) is 42.3 Å². The van der Waals surface area contributed by atoms with Crippen LogP contribution in [0.3, 0.4) is 0 Å². The van der Waals surface area contributed by atoms with E-state index in [1.54, 1.807) is 18.2 Å². The minimum Gasteiger partial charge on any atom is -0.354 e. The second-order valence-corrected chi connectivity index (χ2v) is 8.92. The number of carbonyl (C=O) groups is 1. The van der Waals surface area contributed by atoms with E-state index in [-0.39, 0.29) is 5.91 Å². The number of rotatable bonds is 4. The number of hydrogen-bond acceptors (Lipinski definition) is 4. The molecule has 5 nitrogen and oxygen atoms in total. The lowest BCUT2D eigenvalue weighted by Crippen LogP contribution is -2.36. The third-order valence-corrected chi connectivity index (χ3v) is 6.32. The Hall–Kier alpha value is -2.63. The fraction of sp³-hybridized carbons (Fsp3) is 0.320. The van der Waals surface area contributed by atoms with Crippen LogP contribution in [0.15, 0.2) is 48.5 Å². The largest absolute Gasteiger partial charge is 0.354 e. The van der Waals surface area contributed by atoms with Crippen molar-refractivity contribution < 1.29 is 4.79 Å². The predicted molar refractivity (Wildman–Crippen MR) is 130 cm³/mol. The standard InChI is InChI=1S/C25H26Cl2N4O/c1-17-22(15-19-7-4-3-5-8-19)24(29-18(2)28-17)30-11-6-12-31(14-13-30)25(32)21-10-9-20(26)16-23(21)27/h3-5,7-10,16H,6,11-15H2,1-2H3. The molecular weight excluding hydrogens is 443 g/mol. The van der Waals surface area contributed by atoms with Crippen molar-refractivity contribution >= 4 is 34.9 Å². The first-order chi connectivity index (χ1) is 15.4. The first-order valence-electron chi connectivity index (χ1n) is 10.8. The topological polar surface area (TPSA) is 49.3 Å². The molecule has 0 N–H and O–H groups in total. The summed E-state index contributed by atoms with van der Waals surface area (Å²) in [5, 5.41) is 0.907. The normalized spacial score (nSPS) is 14.4. The Morgan fingerprint density at radius 3 is 2.50 bits per heavy atom. The van der Waals surface area contributed by atoms with Crippen molar-refractivity contribution in [3.8, 4) is 0 Å². The van der Waals surface area contributed by atoms with Gasteiger partial charge in [-0.1, -0.05) is 53.5 Å². The number of carbonyl (C=O) groups excluding carboxylic acids is 1. The number of aromatic nitrogens is 2. The van der Waals surface area contributed by atoms with Crippen molar-refractivity contribution in [1.82, 2.24) is 14.9 Å². The van der Waals surface area contributed by atoms with E-state index >= 15 is 0 Å². The number of amides is 1. The maximum absolute atomic E-state index is 13.1. The third kappa shape index (κ3) is 5.05. The van der Waals surface area contributed by atoms with E-state index < -0.39 is 0 Å². The molecule has 1 aliphatic heterocycles. The fourth-order valence-corrected chi connectivity index (χ4v) is 4.64. The maximum Gasteiger partial charge on any atom is 0.255 e. The Morgan fingerprint density at radius 1 is 0.969 bits per heavy atom. The summed E-state index contributed by atoms with van der Waals surface area (Å²) < 4.78 is 0. The molecule has 1 amide bonds. The molecule has 0 radical (unpaired) electrons. The van der Waals surface area contributed by atoms with Gasteiger partial charge in [0, 0.05) is 48.9 Å². The Balaban J connectivity index is 1.56. The van der Waals surface area contributed by atoms with E-state index in [9.17, 15) is 4.79 Å². The van der Waals surface area contributed by atoms with Crippen molar-refractivity contribution in [2.75, 3.05) is 31.1 Å². The van der Waals surface area contributed by atoms with Crippen molar-refractivity contribution in [3.05, 3.63) is 86.8 Å². The van der Waals surface area contributed by atoms with Gasteiger partial charge in [-0.2, -0.15) is 0 Å². The van der Waals surface area contributed by atoms with Gasteiger partial charge >= 0.3 is 0 Å². The van der Waals surface area contributed by atoms with Crippen LogP contribution < -0.4 is 4.90 Å². The monoisotopic (exact) mass is 468 g/mol. The van der Waals surface area contributed by atoms with Gasteiger partial charge in [0.1, 0.15) is 11.6 Å². The van der Waals surface area contributed by atoms with Crippen molar-refractivity contribution in [3.63, 3.8) is 0 Å². The lowest BCUT2D eigenvalue weighted by atomic mass is 10.0. The van der Waals surface area contributed by atoms with Crippen LogP contribution in [0.2, 0.25) is 10.0 Å². The number of halogens is 2. The summed E-state index contributed by atoms with van der Waals surface area (Å²) in [7, 11) is 0. The number of benzene rings is 2. The van der Waals surface area contributed by atoms with Gasteiger partial charge in [0.25, 0.3) is 5.91 Å². The average Bonchev–Trinajstić information content (AvgIpc) is 3.02. The van der Waals surface area contributed by atoms with Gasteiger partial charge < -0.3 is 9.80 Å². The second-order valence-electron chi connectivity index (χ2n) is 8.08. The van der Waals surface area contributed by atoms with Gasteiger partial charge in [-0.3, -0.25) is 4.79 Å². The van der Waals surface area contributed by atoms with E-state index in [1.165, 1.54) is 5.56 Å². The highest BCUT2D eigenvalue weighted by molar-refractivity contribution is 6.36. The molecule has 0 spiro atoms. The zero-order chi connectivity index (χ0) is 22.7. The predicted octanol–water partition coefficient (Wildman–Crippen LogP) is 5.34. The van der Waals surface area contributed by atoms with E-state index in [1.807, 2.05) is 24.8 Å². The molecule has 0 saturated carbocycles. The Kier molecular flexibility index (Phi) is 6.97. The highest BCUT2D eigenvalue weighted by Gasteiger charge is 2.24. The lowest BCUT2D eigenvalue weighted by Gasteiger charge is -2.26. The molecular formula is C25H26Cl2N4O. The fourth-order valence-electron chi connectivity index (χ4n) is 4.15. The average molecular weight is 469 g/mol. The number of anilines is 1. The molecule has 1 aliphatic rings. The number of hydrogen-bond donors (Lipinski definition) is 0. The van der Waals surface area contributed by atoms with E-state index in [4.69, 9.17) is 28.2 Å². The van der Waals surface area contributed by atoms with Gasteiger partial charge in [0.05, 0.1) is 10.6 Å². The molecule has 32 heavy (non-hydrogen) atoms. The van der Waals surface area contributed by atoms with Crippen molar-refractivity contribution in [1.29, 1.82) is 0 Å². The molecule has 166 valence electrons. The number of aryl methyl sites for hydroxylation is 2. The van der Waals surface area contributed by atoms with Gasteiger partial charge in [0.2, 0.25) is 0 Å². The molecule has 1 fully saturated rings. The van der Waals surface area contributed by atoms with Gasteiger partial charge in [-0.05, 0) is 44.0 Å². The molecule has 1 aromatic heterocycles. The molecule has 7 heteroatoms. The quantitative estimate of drug-likeness (QED) is 0.518. The summed E-state index contributed by atoms with van der Waals surface area (Å²) in [6, 6.07) is 15.4. The molecule has 1 saturated heterocycles. The molecule has 0 atom stereocenters. The van der Waals surface area contributed by atoms with E-state index in [2.05, 4.69) is 34.1 Å². The van der Waals surface area contributed by atoms with Gasteiger partial charge in [0.15, 0.2) is 0 Å². The minimum absolute atomic E-state index is 0.0620. The molecule has 2 aromatic carbocycles. The summed E-state index contributed by atoms with van der Waals surface area (Å²) >= 11 is 12.3. The first-order valence-corrected chi connectivity index (χ1v) is 11.6. The van der Waals surface area contributed by atoms with Crippen LogP contribution in [0.1, 0.15) is 39.4 Å². The molecule has 4 rings (SSSR count). The van der Waals surface area contributed by atoms with Crippen LogP contribution in [-0.2, 0) is 6.42 Å². The molecule has 3 aromatic rings. The zero-order valence-corrected chi connectivity index (χ0v) is 19.8. The van der Waals surface area contributed by atoms with Crippen LogP contribution in [-0.4, -0.2) is 47.0 Å². The Morgan fingerprint density at radius 2 is 1.75 bits per heavy atom. The minimum atomic E-state index is -0.0620. The second kappa shape index (κ2) is 9.88. The van der Waals surface area contributed by atoms with Gasteiger partial charge in [-0.25, -0.2) is 9.97 Å². The lowest BCUT2D eigenvalue weighted by molar-refractivity contribution is 0.0767. The van der Waals surface area contributed by atoms with Crippen LogP contribution in [0, 0.1) is 13.8 Å². The third-order valence-electron chi connectivity index (χ3n) is 5.77. The van der Waals surface area contributed by atoms with Crippen LogP contribution in [0.5, 0.6) is 0 Å². The molecule has 0 bridgehead atoms. The molecule has 0 unspecified atom stereocenters. The summed E-state index contributed by atoms with van der Waals surface area (Å²) in [6.07, 6.45) is 1.63.